The Labute approximate surface area is 124 Å². The van der Waals surface area contributed by atoms with Crippen LogP contribution in [0.4, 0.5) is 0 Å². The van der Waals surface area contributed by atoms with Crippen molar-refractivity contribution in [3.05, 3.63) is 24.2 Å². The molecule has 0 N–H and O–H groups in total. The summed E-state index contributed by atoms with van der Waals surface area (Å²) < 4.78 is 7.62. The van der Waals surface area contributed by atoms with E-state index in [4.69, 9.17) is 14.5 Å². The van der Waals surface area contributed by atoms with Gasteiger partial charge in [-0.2, -0.15) is 0 Å². The Kier molecular flexibility index (Phi) is 2.28. The van der Waals surface area contributed by atoms with Gasteiger partial charge in [-0.25, -0.2) is 9.67 Å². The molecule has 0 spiro atoms. The van der Waals surface area contributed by atoms with E-state index in [0.29, 0.717) is 12.0 Å². The molecule has 5 rings (SSSR count). The van der Waals surface area contributed by atoms with Crippen molar-refractivity contribution in [2.45, 2.75) is 45.1 Å². The van der Waals surface area contributed by atoms with Crippen molar-refractivity contribution in [3.63, 3.8) is 0 Å². The van der Waals surface area contributed by atoms with Gasteiger partial charge in [-0.05, 0) is 68.9 Å². The molecule has 0 amide bonds. The number of fused-ring (bicyclic) bond motifs is 5. The standard InChI is InChI=1S/C17H21N3O/c1-9(2)20-17(18-16(19-20)12-4-3-7-21-12)15-13-10-5-6-11(8-10)14(13)15/h3-4,7,9-11,13-15H,5-6,8H2,1-2H3/t10-,11+,13+,14-,15?. The summed E-state index contributed by atoms with van der Waals surface area (Å²) in [4.78, 5) is 4.87. The SMILES string of the molecule is CC(C)n1nc(-c2ccco2)nc1C1[C@@H]2[C@H]3CC[C@H](C3)[C@H]12. The van der Waals surface area contributed by atoms with Crippen molar-refractivity contribution in [2.24, 2.45) is 23.7 Å². The Bertz CT molecular complexity index is 656. The lowest BCUT2D eigenvalue weighted by molar-refractivity contribution is 0.456. The third-order valence-corrected chi connectivity index (χ3v) is 5.92. The molecule has 2 aromatic rings. The lowest BCUT2D eigenvalue weighted by atomic mass is 10.0. The van der Waals surface area contributed by atoms with E-state index in [0.717, 1.165) is 35.3 Å². The average molecular weight is 283 g/mol. The summed E-state index contributed by atoms with van der Waals surface area (Å²) in [5, 5.41) is 4.72. The summed E-state index contributed by atoms with van der Waals surface area (Å²) in [7, 11) is 0. The van der Waals surface area contributed by atoms with Crippen LogP contribution in [0.15, 0.2) is 22.8 Å². The zero-order valence-electron chi connectivity index (χ0n) is 12.6. The minimum atomic E-state index is 0.357. The maximum atomic E-state index is 5.48. The molecule has 21 heavy (non-hydrogen) atoms. The Morgan fingerprint density at radius 2 is 2.00 bits per heavy atom. The summed E-state index contributed by atoms with van der Waals surface area (Å²) in [5.74, 6) is 7.14. The Balaban J connectivity index is 1.54. The first kappa shape index (κ1) is 12.0. The average Bonchev–Trinajstić information content (AvgIpc) is 3.04. The zero-order chi connectivity index (χ0) is 14.1. The van der Waals surface area contributed by atoms with E-state index in [1.54, 1.807) is 6.26 Å². The molecule has 0 aromatic carbocycles. The van der Waals surface area contributed by atoms with Crippen LogP contribution in [0.2, 0.25) is 0 Å². The van der Waals surface area contributed by atoms with Gasteiger partial charge in [0.25, 0.3) is 0 Å². The first-order valence-electron chi connectivity index (χ1n) is 8.24. The predicted molar refractivity (Wildman–Crippen MR) is 78.7 cm³/mol. The third-order valence-electron chi connectivity index (χ3n) is 5.92. The van der Waals surface area contributed by atoms with Gasteiger partial charge < -0.3 is 4.42 Å². The maximum Gasteiger partial charge on any atom is 0.217 e. The Morgan fingerprint density at radius 1 is 1.24 bits per heavy atom. The van der Waals surface area contributed by atoms with Crippen LogP contribution in [0.1, 0.15) is 50.9 Å². The highest BCUT2D eigenvalue weighted by Gasteiger charge is 2.66. The molecule has 3 saturated carbocycles. The largest absolute Gasteiger partial charge is 0.461 e. The van der Waals surface area contributed by atoms with Crippen LogP contribution < -0.4 is 0 Å². The normalized spacial score (nSPS) is 36.4. The van der Waals surface area contributed by atoms with Crippen molar-refractivity contribution < 1.29 is 4.42 Å². The van der Waals surface area contributed by atoms with E-state index in [9.17, 15) is 0 Å². The number of nitrogens with zero attached hydrogens (tertiary/aromatic N) is 3. The lowest BCUT2D eigenvalue weighted by Gasteiger charge is -2.12. The van der Waals surface area contributed by atoms with Gasteiger partial charge in [0.05, 0.1) is 6.26 Å². The number of hydrogen-bond donors (Lipinski definition) is 0. The lowest BCUT2D eigenvalue weighted by Crippen LogP contribution is -2.10. The van der Waals surface area contributed by atoms with Crippen molar-refractivity contribution in [1.82, 2.24) is 14.8 Å². The van der Waals surface area contributed by atoms with E-state index in [-0.39, 0.29) is 0 Å². The second-order valence-corrected chi connectivity index (χ2v) is 7.32. The molecule has 2 bridgehead atoms. The van der Waals surface area contributed by atoms with Gasteiger partial charge in [-0.1, -0.05) is 0 Å². The van der Waals surface area contributed by atoms with Gasteiger partial charge in [-0.3, -0.25) is 0 Å². The number of rotatable bonds is 3. The molecule has 0 saturated heterocycles. The molecule has 3 aliphatic carbocycles. The maximum absolute atomic E-state index is 5.48. The predicted octanol–water partition coefficient (Wildman–Crippen LogP) is 3.88. The number of hydrogen-bond acceptors (Lipinski definition) is 3. The van der Waals surface area contributed by atoms with E-state index >= 15 is 0 Å². The van der Waals surface area contributed by atoms with Gasteiger partial charge in [0.15, 0.2) is 5.76 Å². The third kappa shape index (κ3) is 1.56. The van der Waals surface area contributed by atoms with Crippen LogP contribution in [0.5, 0.6) is 0 Å². The Hall–Kier alpha value is -1.58. The first-order chi connectivity index (χ1) is 10.2. The summed E-state index contributed by atoms with van der Waals surface area (Å²) in [6, 6.07) is 4.20. The van der Waals surface area contributed by atoms with Gasteiger partial charge in [0.2, 0.25) is 5.82 Å². The molecule has 2 aromatic heterocycles. The molecule has 2 heterocycles. The van der Waals surface area contributed by atoms with E-state index < -0.39 is 0 Å². The van der Waals surface area contributed by atoms with Gasteiger partial charge in [0.1, 0.15) is 5.82 Å². The molecular weight excluding hydrogens is 262 g/mol. The molecule has 5 atom stereocenters. The van der Waals surface area contributed by atoms with Crippen LogP contribution in [0.25, 0.3) is 11.6 Å². The van der Waals surface area contributed by atoms with Gasteiger partial charge in [0, 0.05) is 12.0 Å². The molecule has 4 nitrogen and oxygen atoms in total. The fourth-order valence-electron chi connectivity index (χ4n) is 5.12. The topological polar surface area (TPSA) is 43.9 Å². The van der Waals surface area contributed by atoms with Crippen molar-refractivity contribution in [2.75, 3.05) is 0 Å². The molecule has 110 valence electrons. The molecule has 1 unspecified atom stereocenters. The molecule has 4 heteroatoms. The van der Waals surface area contributed by atoms with Crippen LogP contribution in [-0.2, 0) is 0 Å². The molecule has 0 aliphatic heterocycles. The number of aromatic nitrogens is 3. The monoisotopic (exact) mass is 283 g/mol. The van der Waals surface area contributed by atoms with Crippen molar-refractivity contribution in [3.8, 4) is 11.6 Å². The molecule has 3 fully saturated rings. The molecular formula is C17H21N3O. The molecule has 0 radical (unpaired) electrons. The fourth-order valence-corrected chi connectivity index (χ4v) is 5.12. The summed E-state index contributed by atoms with van der Waals surface area (Å²) in [6.45, 7) is 4.38. The second kappa shape index (κ2) is 3.99. The minimum absolute atomic E-state index is 0.357. The highest BCUT2D eigenvalue weighted by Crippen LogP contribution is 2.72. The fraction of sp³-hybridized carbons (Fsp3) is 0.647. The minimum Gasteiger partial charge on any atom is -0.461 e. The van der Waals surface area contributed by atoms with Crippen molar-refractivity contribution in [1.29, 1.82) is 0 Å². The van der Waals surface area contributed by atoms with Crippen LogP contribution in [0.3, 0.4) is 0 Å². The van der Waals surface area contributed by atoms with E-state index in [1.807, 2.05) is 12.1 Å². The van der Waals surface area contributed by atoms with Crippen LogP contribution in [0, 0.1) is 23.7 Å². The van der Waals surface area contributed by atoms with Crippen LogP contribution in [-0.4, -0.2) is 14.8 Å². The van der Waals surface area contributed by atoms with E-state index in [2.05, 4.69) is 18.5 Å². The highest BCUT2D eigenvalue weighted by molar-refractivity contribution is 5.46. The quantitative estimate of drug-likeness (QED) is 0.858. The van der Waals surface area contributed by atoms with E-state index in [1.165, 1.54) is 25.1 Å². The smallest absolute Gasteiger partial charge is 0.217 e. The summed E-state index contributed by atoms with van der Waals surface area (Å²) >= 11 is 0. The summed E-state index contributed by atoms with van der Waals surface area (Å²) in [5.41, 5.74) is 0. The highest BCUT2D eigenvalue weighted by atomic mass is 16.3. The number of furan rings is 1. The van der Waals surface area contributed by atoms with Crippen molar-refractivity contribution >= 4 is 0 Å². The molecule has 3 aliphatic rings. The van der Waals surface area contributed by atoms with Gasteiger partial charge >= 0.3 is 0 Å². The zero-order valence-corrected chi connectivity index (χ0v) is 12.6. The Morgan fingerprint density at radius 3 is 2.62 bits per heavy atom. The second-order valence-electron chi connectivity index (χ2n) is 7.32. The van der Waals surface area contributed by atoms with Crippen LogP contribution >= 0.6 is 0 Å². The first-order valence-corrected chi connectivity index (χ1v) is 8.24. The summed E-state index contributed by atoms with van der Waals surface area (Å²) in [6.07, 6.45) is 6.07. The van der Waals surface area contributed by atoms with Gasteiger partial charge in [-0.15, -0.1) is 5.10 Å².